The number of imidazole rings is 1. The van der Waals surface area contributed by atoms with Crippen LogP contribution >= 0.6 is 34.8 Å². The maximum atomic E-state index is 12.7. The van der Waals surface area contributed by atoms with Gasteiger partial charge in [0.2, 0.25) is 10.0 Å². The van der Waals surface area contributed by atoms with E-state index in [0.717, 1.165) is 0 Å². The zero-order valence-corrected chi connectivity index (χ0v) is 18.6. The van der Waals surface area contributed by atoms with Gasteiger partial charge in [-0.3, -0.25) is 4.57 Å². The number of nitrogens with zero attached hydrogens (tertiary/aromatic N) is 2. The lowest BCUT2D eigenvalue weighted by Crippen LogP contribution is -2.28. The second-order valence-electron chi connectivity index (χ2n) is 6.18. The van der Waals surface area contributed by atoms with Crippen LogP contribution in [-0.2, 0) is 16.6 Å². The molecule has 10 heteroatoms. The van der Waals surface area contributed by atoms with Crippen molar-refractivity contribution in [2.45, 2.75) is 31.3 Å². The van der Waals surface area contributed by atoms with Crippen LogP contribution in [-0.4, -0.2) is 18.0 Å². The van der Waals surface area contributed by atoms with Crippen LogP contribution in [0.25, 0.3) is 0 Å². The van der Waals surface area contributed by atoms with Crippen molar-refractivity contribution >= 4 is 44.8 Å². The van der Waals surface area contributed by atoms with E-state index >= 15 is 0 Å². The zero-order chi connectivity index (χ0) is 21.2. The van der Waals surface area contributed by atoms with Crippen LogP contribution in [0.15, 0.2) is 53.6 Å². The van der Waals surface area contributed by atoms with Gasteiger partial charge in [-0.25, -0.2) is 18.1 Å². The summed E-state index contributed by atoms with van der Waals surface area (Å²) in [4.78, 5) is 4.32. The number of halogens is 3. The Kier molecular flexibility index (Phi) is 6.76. The summed E-state index contributed by atoms with van der Waals surface area (Å²) >= 11 is 17.7. The summed E-state index contributed by atoms with van der Waals surface area (Å²) in [5.74, 6) is 0.574. The van der Waals surface area contributed by atoms with Crippen molar-refractivity contribution in [1.29, 1.82) is 0 Å². The molecule has 0 aliphatic heterocycles. The summed E-state index contributed by atoms with van der Waals surface area (Å²) in [6.07, 6.45) is 1.58. The quantitative estimate of drug-likeness (QED) is 0.477. The fraction of sp³-hybridized carbons (Fsp3) is 0.211. The van der Waals surface area contributed by atoms with Gasteiger partial charge in [0.05, 0.1) is 32.9 Å². The van der Waals surface area contributed by atoms with Gasteiger partial charge >= 0.3 is 6.01 Å². The van der Waals surface area contributed by atoms with Gasteiger partial charge in [0.15, 0.2) is 0 Å². The minimum absolute atomic E-state index is 0.0268. The molecule has 3 rings (SSSR count). The predicted octanol–water partition coefficient (Wildman–Crippen LogP) is 5.70. The van der Waals surface area contributed by atoms with Gasteiger partial charge in [0.1, 0.15) is 5.75 Å². The number of aromatic nitrogens is 2. The predicted molar refractivity (Wildman–Crippen MR) is 115 cm³/mol. The minimum Gasteiger partial charge on any atom is -0.426 e. The summed E-state index contributed by atoms with van der Waals surface area (Å²) in [7, 11) is -3.82. The third-order valence-electron chi connectivity index (χ3n) is 4.17. The molecule has 1 atom stereocenters. The van der Waals surface area contributed by atoms with Crippen LogP contribution in [0.5, 0.6) is 11.8 Å². The Morgan fingerprint density at radius 2 is 1.79 bits per heavy atom. The average molecular weight is 475 g/mol. The smallest absolute Gasteiger partial charge is 0.302 e. The first-order valence-electron chi connectivity index (χ1n) is 8.67. The molecule has 3 aromatic rings. The number of benzene rings is 2. The molecule has 29 heavy (non-hydrogen) atoms. The van der Waals surface area contributed by atoms with Crippen molar-refractivity contribution in [3.05, 3.63) is 69.4 Å². The number of rotatable bonds is 7. The Balaban J connectivity index is 1.83. The summed E-state index contributed by atoms with van der Waals surface area (Å²) in [6, 6.07) is 10.8. The van der Waals surface area contributed by atoms with Crippen LogP contribution in [0, 0.1) is 0 Å². The van der Waals surface area contributed by atoms with E-state index in [1.807, 2.05) is 6.92 Å². The van der Waals surface area contributed by atoms with E-state index in [0.29, 0.717) is 29.0 Å². The lowest BCUT2D eigenvalue weighted by molar-refractivity contribution is 0.408. The Bertz CT molecular complexity index is 1120. The zero-order valence-electron chi connectivity index (χ0n) is 15.6. The van der Waals surface area contributed by atoms with E-state index in [-0.39, 0.29) is 14.9 Å². The molecular weight excluding hydrogens is 457 g/mol. The molecule has 0 saturated heterocycles. The highest BCUT2D eigenvalue weighted by Crippen LogP contribution is 2.28. The SMILES string of the molecule is CCn1c(C(C)NS(=O)(=O)c2ccc(Cl)c(Cl)c2)cnc1Oc1ccc(Cl)cc1. The summed E-state index contributed by atoms with van der Waals surface area (Å²) in [5.41, 5.74) is 0.653. The van der Waals surface area contributed by atoms with E-state index in [1.54, 1.807) is 42.0 Å². The Morgan fingerprint density at radius 1 is 1.10 bits per heavy atom. The van der Waals surface area contributed by atoms with Crippen molar-refractivity contribution in [3.63, 3.8) is 0 Å². The first-order valence-corrected chi connectivity index (χ1v) is 11.3. The van der Waals surface area contributed by atoms with Crippen molar-refractivity contribution in [2.24, 2.45) is 0 Å². The maximum Gasteiger partial charge on any atom is 0.302 e. The van der Waals surface area contributed by atoms with Crippen molar-refractivity contribution in [3.8, 4) is 11.8 Å². The highest BCUT2D eigenvalue weighted by Gasteiger charge is 2.23. The third-order valence-corrected chi connectivity index (χ3v) is 6.70. The Hall–Kier alpha value is -1.77. The Labute approximate surface area is 184 Å². The molecule has 1 unspecified atom stereocenters. The van der Waals surface area contributed by atoms with Gasteiger partial charge in [-0.05, 0) is 56.3 Å². The van der Waals surface area contributed by atoms with E-state index in [4.69, 9.17) is 39.5 Å². The van der Waals surface area contributed by atoms with Gasteiger partial charge in [-0.15, -0.1) is 0 Å². The highest BCUT2D eigenvalue weighted by molar-refractivity contribution is 7.89. The monoisotopic (exact) mass is 473 g/mol. The lowest BCUT2D eigenvalue weighted by atomic mass is 10.3. The molecule has 1 aromatic heterocycles. The van der Waals surface area contributed by atoms with Crippen LogP contribution < -0.4 is 9.46 Å². The number of sulfonamides is 1. The molecule has 2 aromatic carbocycles. The Morgan fingerprint density at radius 3 is 2.41 bits per heavy atom. The standard InChI is InChI=1S/C19H18Cl3N3O3S/c1-3-25-18(11-23-19(25)28-14-6-4-13(20)5-7-14)12(2)24-29(26,27)15-8-9-16(21)17(22)10-15/h4-12,24H,3H2,1-2H3. The molecule has 0 aliphatic carbocycles. The van der Waals surface area contributed by atoms with Crippen LogP contribution in [0.1, 0.15) is 25.6 Å². The van der Waals surface area contributed by atoms with Crippen molar-refractivity contribution in [2.75, 3.05) is 0 Å². The van der Waals surface area contributed by atoms with Gasteiger partial charge in [0.25, 0.3) is 0 Å². The molecule has 154 valence electrons. The average Bonchev–Trinajstić information content (AvgIpc) is 3.08. The molecule has 0 bridgehead atoms. The molecule has 0 aliphatic rings. The van der Waals surface area contributed by atoms with Gasteiger partial charge < -0.3 is 4.74 Å². The number of hydrogen-bond acceptors (Lipinski definition) is 4. The topological polar surface area (TPSA) is 73.2 Å². The van der Waals surface area contributed by atoms with E-state index in [9.17, 15) is 8.42 Å². The van der Waals surface area contributed by atoms with Crippen molar-refractivity contribution in [1.82, 2.24) is 14.3 Å². The molecule has 6 nitrogen and oxygen atoms in total. The van der Waals surface area contributed by atoms with Crippen molar-refractivity contribution < 1.29 is 13.2 Å². The molecule has 0 radical (unpaired) electrons. The van der Waals surface area contributed by atoms with Crippen LogP contribution in [0.4, 0.5) is 0 Å². The largest absolute Gasteiger partial charge is 0.426 e. The second kappa shape index (κ2) is 8.93. The summed E-state index contributed by atoms with van der Waals surface area (Å²) < 4.78 is 35.7. The number of nitrogens with one attached hydrogen (secondary N) is 1. The minimum atomic E-state index is -3.82. The van der Waals surface area contributed by atoms with E-state index in [2.05, 4.69) is 9.71 Å². The van der Waals surface area contributed by atoms with E-state index < -0.39 is 16.1 Å². The molecule has 0 saturated carbocycles. The molecule has 0 fully saturated rings. The fourth-order valence-corrected chi connectivity index (χ4v) is 4.46. The van der Waals surface area contributed by atoms with Gasteiger partial charge in [0, 0.05) is 11.6 Å². The lowest BCUT2D eigenvalue weighted by Gasteiger charge is -2.17. The van der Waals surface area contributed by atoms with E-state index in [1.165, 1.54) is 18.2 Å². The summed E-state index contributed by atoms with van der Waals surface area (Å²) in [6.45, 7) is 4.18. The first kappa shape index (κ1) is 21.9. The molecule has 0 spiro atoms. The number of ether oxygens (including phenoxy) is 1. The molecule has 0 amide bonds. The van der Waals surface area contributed by atoms with Gasteiger partial charge in [-0.2, -0.15) is 0 Å². The second-order valence-corrected chi connectivity index (χ2v) is 9.15. The van der Waals surface area contributed by atoms with Crippen LogP contribution in [0.3, 0.4) is 0 Å². The molecule has 1 heterocycles. The first-order chi connectivity index (χ1) is 13.7. The number of hydrogen-bond donors (Lipinski definition) is 1. The van der Waals surface area contributed by atoms with Crippen LogP contribution in [0.2, 0.25) is 15.1 Å². The summed E-state index contributed by atoms with van der Waals surface area (Å²) in [5, 5.41) is 1.05. The maximum absolute atomic E-state index is 12.7. The molecule has 1 N–H and O–H groups in total. The fourth-order valence-electron chi connectivity index (χ4n) is 2.73. The van der Waals surface area contributed by atoms with Gasteiger partial charge in [-0.1, -0.05) is 34.8 Å². The molecular formula is C19H18Cl3N3O3S. The normalized spacial score (nSPS) is 12.7. The highest BCUT2D eigenvalue weighted by atomic mass is 35.5. The third kappa shape index (κ3) is 5.05.